The van der Waals surface area contributed by atoms with E-state index in [2.05, 4.69) is 27.0 Å². The quantitative estimate of drug-likeness (QED) is 0.443. The molecule has 0 spiro atoms. The normalized spacial score (nSPS) is 12.1. The molecule has 0 fully saturated rings. The van der Waals surface area contributed by atoms with Crippen molar-refractivity contribution in [3.63, 3.8) is 0 Å². The third-order valence-electron chi connectivity index (χ3n) is 4.53. The van der Waals surface area contributed by atoms with E-state index in [-0.39, 0.29) is 5.41 Å². The zero-order chi connectivity index (χ0) is 21.3. The molecule has 0 bridgehead atoms. The smallest absolute Gasteiger partial charge is 0.332 e. The number of hydrogen-bond donors (Lipinski definition) is 0. The van der Waals surface area contributed by atoms with Crippen LogP contribution in [-0.4, -0.2) is 29.2 Å². The number of fused-ring (bicyclic) bond motifs is 1. The highest BCUT2D eigenvalue weighted by atomic mass is 32.2. The summed E-state index contributed by atoms with van der Waals surface area (Å²) in [5.41, 5.74) is -0.859. The summed E-state index contributed by atoms with van der Waals surface area (Å²) in [5, 5.41) is 4.82. The van der Waals surface area contributed by atoms with Gasteiger partial charge in [-0.05, 0) is 6.42 Å². The molecule has 0 aromatic carbocycles. The first-order valence-electron chi connectivity index (χ1n) is 9.56. The Hall–Kier alpha value is -2.49. The number of rotatable bonds is 6. The largest absolute Gasteiger partial charge is 0.338 e. The summed E-state index contributed by atoms with van der Waals surface area (Å²) in [6.45, 7) is 8.07. The minimum absolute atomic E-state index is 0.318. The number of unbranched alkanes of at least 4 members (excludes halogenated alkanes) is 1. The van der Waals surface area contributed by atoms with Crippen LogP contribution in [0.4, 0.5) is 0 Å². The molecule has 3 rings (SSSR count). The summed E-state index contributed by atoms with van der Waals surface area (Å²) < 4.78 is 7.78. The lowest BCUT2D eigenvalue weighted by Crippen LogP contribution is -2.38. The lowest BCUT2D eigenvalue weighted by Gasteiger charge is -2.19. The predicted octanol–water partition coefficient (Wildman–Crippen LogP) is 2.34. The van der Waals surface area contributed by atoms with E-state index >= 15 is 0 Å². The molecule has 9 nitrogen and oxygen atoms in total. The van der Waals surface area contributed by atoms with E-state index in [1.807, 2.05) is 20.8 Å². The highest BCUT2D eigenvalue weighted by molar-refractivity contribution is 7.98. The third-order valence-corrected chi connectivity index (χ3v) is 5.49. The van der Waals surface area contributed by atoms with E-state index in [0.29, 0.717) is 39.4 Å². The van der Waals surface area contributed by atoms with E-state index in [9.17, 15) is 9.59 Å². The second-order valence-electron chi connectivity index (χ2n) is 8.00. The van der Waals surface area contributed by atoms with E-state index in [0.717, 1.165) is 23.8 Å². The summed E-state index contributed by atoms with van der Waals surface area (Å²) in [6, 6.07) is 0. The minimum atomic E-state index is -0.422. The zero-order valence-electron chi connectivity index (χ0n) is 17.6. The topological polar surface area (TPSA) is 109 Å². The van der Waals surface area contributed by atoms with Crippen molar-refractivity contribution in [3.8, 4) is 0 Å². The van der Waals surface area contributed by atoms with Crippen LogP contribution in [0.3, 0.4) is 0 Å². The molecule has 156 valence electrons. The summed E-state index contributed by atoms with van der Waals surface area (Å²) >= 11 is 1.33. The standard InChI is InChI=1S/C19H26N6O3S/c1-7-8-9-11-20-12(28-23-11)10-29-15-13-14(21-17(22-15)19(2,3)4)24(5)18(27)25(6)16(13)26/h7-10H2,1-6H3. The van der Waals surface area contributed by atoms with Crippen LogP contribution in [-0.2, 0) is 31.7 Å². The Morgan fingerprint density at radius 3 is 2.45 bits per heavy atom. The van der Waals surface area contributed by atoms with Crippen molar-refractivity contribution in [2.75, 3.05) is 0 Å². The molecule has 0 atom stereocenters. The van der Waals surface area contributed by atoms with E-state index < -0.39 is 11.2 Å². The summed E-state index contributed by atoms with van der Waals surface area (Å²) in [6.07, 6.45) is 2.84. The van der Waals surface area contributed by atoms with Gasteiger partial charge in [-0.1, -0.05) is 51.0 Å². The average molecular weight is 419 g/mol. The molecule has 0 amide bonds. The fraction of sp³-hybridized carbons (Fsp3) is 0.579. The lowest BCUT2D eigenvalue weighted by molar-refractivity contribution is 0.384. The van der Waals surface area contributed by atoms with Gasteiger partial charge < -0.3 is 4.52 Å². The minimum Gasteiger partial charge on any atom is -0.338 e. The van der Waals surface area contributed by atoms with Gasteiger partial charge in [0.2, 0.25) is 5.89 Å². The predicted molar refractivity (Wildman–Crippen MR) is 111 cm³/mol. The first-order chi connectivity index (χ1) is 13.6. The molecule has 3 aromatic rings. The average Bonchev–Trinajstić information content (AvgIpc) is 3.13. The van der Waals surface area contributed by atoms with Crippen molar-refractivity contribution < 1.29 is 4.52 Å². The van der Waals surface area contributed by atoms with Crippen molar-refractivity contribution in [1.29, 1.82) is 0 Å². The number of aryl methyl sites for hydroxylation is 2. The number of hydrogen-bond acceptors (Lipinski definition) is 8. The Morgan fingerprint density at radius 2 is 1.79 bits per heavy atom. The van der Waals surface area contributed by atoms with Gasteiger partial charge in [0.25, 0.3) is 5.56 Å². The van der Waals surface area contributed by atoms with Crippen LogP contribution in [0.5, 0.6) is 0 Å². The van der Waals surface area contributed by atoms with Crippen LogP contribution in [0.15, 0.2) is 19.1 Å². The van der Waals surface area contributed by atoms with E-state index in [1.54, 1.807) is 7.05 Å². The van der Waals surface area contributed by atoms with Gasteiger partial charge in [0.05, 0.1) is 5.75 Å². The van der Waals surface area contributed by atoms with Crippen LogP contribution in [0.2, 0.25) is 0 Å². The number of nitrogens with zero attached hydrogens (tertiary/aromatic N) is 6. The molecule has 10 heteroatoms. The first-order valence-corrected chi connectivity index (χ1v) is 10.5. The van der Waals surface area contributed by atoms with Crippen molar-refractivity contribution in [2.45, 2.75) is 63.2 Å². The first kappa shape index (κ1) is 21.2. The fourth-order valence-corrected chi connectivity index (χ4v) is 3.64. The molecule has 0 saturated heterocycles. The molecular formula is C19H26N6O3S. The molecule has 0 aliphatic rings. The van der Waals surface area contributed by atoms with Crippen LogP contribution in [0, 0.1) is 0 Å². The second kappa shape index (κ2) is 8.10. The highest BCUT2D eigenvalue weighted by Crippen LogP contribution is 2.28. The van der Waals surface area contributed by atoms with Gasteiger partial charge in [-0.25, -0.2) is 14.8 Å². The molecule has 3 aromatic heterocycles. The van der Waals surface area contributed by atoms with E-state index in [4.69, 9.17) is 4.52 Å². The second-order valence-corrected chi connectivity index (χ2v) is 8.97. The lowest BCUT2D eigenvalue weighted by atomic mass is 9.96. The Bertz CT molecular complexity index is 1160. The molecule has 0 N–H and O–H groups in total. The van der Waals surface area contributed by atoms with Crippen LogP contribution >= 0.6 is 11.8 Å². The fourth-order valence-electron chi connectivity index (χ4n) is 2.78. The maximum absolute atomic E-state index is 12.8. The summed E-state index contributed by atoms with van der Waals surface area (Å²) in [5.74, 6) is 2.10. The van der Waals surface area contributed by atoms with E-state index in [1.165, 1.54) is 23.4 Å². The van der Waals surface area contributed by atoms with Gasteiger partial charge in [0, 0.05) is 25.9 Å². The zero-order valence-corrected chi connectivity index (χ0v) is 18.5. The SMILES string of the molecule is CCCCc1noc(CSc2nc(C(C)(C)C)nc3c2c(=O)n(C)c(=O)n3C)n1. The molecule has 29 heavy (non-hydrogen) atoms. The van der Waals surface area contributed by atoms with Crippen LogP contribution in [0.25, 0.3) is 11.0 Å². The van der Waals surface area contributed by atoms with Gasteiger partial charge in [0.15, 0.2) is 11.5 Å². The summed E-state index contributed by atoms with van der Waals surface area (Å²) in [4.78, 5) is 38.8. The van der Waals surface area contributed by atoms with Gasteiger partial charge in [-0.15, -0.1) is 0 Å². The molecule has 0 unspecified atom stereocenters. The van der Waals surface area contributed by atoms with Gasteiger partial charge >= 0.3 is 5.69 Å². The maximum atomic E-state index is 12.8. The molecule has 0 aliphatic carbocycles. The van der Waals surface area contributed by atoms with Gasteiger partial charge in [-0.2, -0.15) is 4.98 Å². The van der Waals surface area contributed by atoms with Crippen LogP contribution in [0.1, 0.15) is 58.1 Å². The Morgan fingerprint density at radius 1 is 1.07 bits per heavy atom. The number of thioether (sulfide) groups is 1. The third kappa shape index (κ3) is 4.26. The molecule has 3 heterocycles. The maximum Gasteiger partial charge on any atom is 0.332 e. The molecular weight excluding hydrogens is 392 g/mol. The Kier molecular flexibility index (Phi) is 5.92. The monoisotopic (exact) mass is 418 g/mol. The van der Waals surface area contributed by atoms with Crippen molar-refractivity contribution in [3.05, 3.63) is 38.4 Å². The Labute approximate surface area is 172 Å². The van der Waals surface area contributed by atoms with Gasteiger partial charge in [0.1, 0.15) is 16.2 Å². The molecule has 0 saturated carbocycles. The molecule has 0 radical (unpaired) electrons. The summed E-state index contributed by atoms with van der Waals surface area (Å²) in [7, 11) is 3.06. The van der Waals surface area contributed by atoms with Gasteiger partial charge in [-0.3, -0.25) is 13.9 Å². The van der Waals surface area contributed by atoms with Crippen molar-refractivity contribution in [2.24, 2.45) is 14.1 Å². The molecule has 0 aliphatic heterocycles. The number of aromatic nitrogens is 6. The Balaban J connectivity index is 2.07. The van der Waals surface area contributed by atoms with Crippen molar-refractivity contribution in [1.82, 2.24) is 29.2 Å². The highest BCUT2D eigenvalue weighted by Gasteiger charge is 2.24. The van der Waals surface area contributed by atoms with Crippen molar-refractivity contribution >= 4 is 22.8 Å². The van der Waals surface area contributed by atoms with Crippen LogP contribution < -0.4 is 11.2 Å².